The maximum Gasteiger partial charge on any atom is -0.870 e. The minimum atomic E-state index is 0. The summed E-state index contributed by atoms with van der Waals surface area (Å²) in [4.78, 5) is 2.52. The molecule has 0 radical (unpaired) electrons. The van der Waals surface area contributed by atoms with Gasteiger partial charge in [0.1, 0.15) is 0 Å². The third-order valence-electron chi connectivity index (χ3n) is 2.83. The molecule has 86 valence electrons. The van der Waals surface area contributed by atoms with Crippen LogP contribution in [0.5, 0.6) is 0 Å². The molecule has 0 aliphatic carbocycles. The Morgan fingerprint density at radius 3 is 2.06 bits per heavy atom. The van der Waals surface area contributed by atoms with Crippen LogP contribution < -0.4 is 5.46 Å². The first-order valence-corrected chi connectivity index (χ1v) is 5.41. The molecule has 1 saturated heterocycles. The molecule has 0 saturated carbocycles. The summed E-state index contributed by atoms with van der Waals surface area (Å²) in [7, 11) is 5.65. The first-order chi connectivity index (χ1) is 6.84. The molecule has 2 rings (SSSR count). The Bertz CT molecular complexity index is 284. The van der Waals surface area contributed by atoms with Crippen molar-refractivity contribution in [3.63, 3.8) is 0 Å². The summed E-state index contributed by atoms with van der Waals surface area (Å²) in [6, 6.07) is 8.23. The minimum absolute atomic E-state index is 0. The average molecular weight is 219 g/mol. The van der Waals surface area contributed by atoms with Crippen molar-refractivity contribution in [2.45, 2.75) is 25.8 Å². The number of nitrogens with zero attached hydrogens (tertiary/aromatic N) is 1. The molecule has 4 heteroatoms. The summed E-state index contributed by atoms with van der Waals surface area (Å²) in [5.74, 6) is 0. The molecule has 3 nitrogen and oxygen atoms in total. The van der Waals surface area contributed by atoms with Gasteiger partial charge in [0.25, 0.3) is 0 Å². The fourth-order valence-electron chi connectivity index (χ4n) is 2.00. The maximum absolute atomic E-state index is 5.65. The van der Waals surface area contributed by atoms with Crippen molar-refractivity contribution in [1.82, 2.24) is 4.90 Å². The summed E-state index contributed by atoms with van der Waals surface area (Å²) in [5, 5.41) is 0. The average Bonchev–Trinajstić information content (AvgIpc) is 2.23. The van der Waals surface area contributed by atoms with Gasteiger partial charge >= 0.3 is 86.9 Å². The summed E-state index contributed by atoms with van der Waals surface area (Å²) >= 11 is 0. The van der Waals surface area contributed by atoms with Gasteiger partial charge in [0.05, 0.1) is 0 Å². The Morgan fingerprint density at radius 1 is 0.938 bits per heavy atom. The van der Waals surface area contributed by atoms with Gasteiger partial charge in [0.2, 0.25) is 0 Å². The van der Waals surface area contributed by atoms with E-state index >= 15 is 0 Å². The van der Waals surface area contributed by atoms with Crippen LogP contribution in [-0.2, 0) is 6.54 Å². The number of hydrogen-bond donors (Lipinski definition) is 0. The maximum atomic E-state index is 5.65. The third-order valence-corrected chi connectivity index (χ3v) is 2.83. The van der Waals surface area contributed by atoms with Crippen molar-refractivity contribution in [3.8, 4) is 0 Å². The van der Waals surface area contributed by atoms with Crippen molar-refractivity contribution >= 4 is 13.3 Å². The van der Waals surface area contributed by atoms with E-state index in [-0.39, 0.29) is 11.0 Å². The van der Waals surface area contributed by atoms with Crippen LogP contribution in [0.15, 0.2) is 24.3 Å². The van der Waals surface area contributed by atoms with E-state index in [4.69, 9.17) is 7.85 Å². The van der Waals surface area contributed by atoms with Gasteiger partial charge in [0.15, 0.2) is 0 Å². The van der Waals surface area contributed by atoms with Crippen LogP contribution in [0.25, 0.3) is 0 Å². The third kappa shape index (κ3) is 4.35. The molecule has 1 aromatic rings. The first kappa shape index (κ1) is 15.2. The Morgan fingerprint density at radius 2 is 1.50 bits per heavy atom. The van der Waals surface area contributed by atoms with Gasteiger partial charge in [-0.15, -0.1) is 0 Å². The van der Waals surface area contributed by atoms with Crippen LogP contribution in [0.2, 0.25) is 0 Å². The quantitative estimate of drug-likeness (QED) is 0.700. The molecule has 16 heavy (non-hydrogen) atoms. The minimum Gasteiger partial charge on any atom is -0.870 e. The molecule has 0 amide bonds. The van der Waals surface area contributed by atoms with Gasteiger partial charge in [-0.25, -0.2) is 0 Å². The van der Waals surface area contributed by atoms with Gasteiger partial charge in [-0.05, 0) is 0 Å². The second kappa shape index (κ2) is 7.44. The van der Waals surface area contributed by atoms with Gasteiger partial charge in [0, 0.05) is 0 Å². The standard InChI is InChI=1S/C12H16BN.2H2O/c13-12-6-4-11(5-7-12)10-14-8-2-1-3-9-14;;/h4-7H,1-3,8-10H2;2*1H2/q+2;;/p-2. The topological polar surface area (TPSA) is 63.2 Å². The van der Waals surface area contributed by atoms with E-state index in [2.05, 4.69) is 17.0 Å². The van der Waals surface area contributed by atoms with Crippen molar-refractivity contribution < 1.29 is 11.0 Å². The molecule has 0 atom stereocenters. The van der Waals surface area contributed by atoms with Crippen molar-refractivity contribution in [2.24, 2.45) is 0 Å². The number of rotatable bonds is 2. The van der Waals surface area contributed by atoms with E-state index in [1.165, 1.54) is 37.9 Å². The summed E-state index contributed by atoms with van der Waals surface area (Å²) in [5.41, 5.74) is 2.23. The summed E-state index contributed by atoms with van der Waals surface area (Å²) in [6.07, 6.45) is 4.11. The number of likely N-dealkylation sites (tertiary alicyclic amines) is 1. The zero-order valence-electron chi connectivity index (χ0n) is 9.47. The SMILES string of the molecule is [B+2]c1ccc(CN2CCCCC2)cc1.[OH-].[OH-]. The normalized spacial score (nSPS) is 16.1. The smallest absolute Gasteiger partial charge is 0.870 e. The van der Waals surface area contributed by atoms with Crippen LogP contribution in [0, 0.1) is 0 Å². The molecule has 1 aromatic carbocycles. The molecule has 1 heterocycles. The Hall–Kier alpha value is -0.835. The van der Waals surface area contributed by atoms with Crippen LogP contribution in [0.3, 0.4) is 0 Å². The van der Waals surface area contributed by atoms with Crippen molar-refractivity contribution in [2.75, 3.05) is 13.1 Å². The van der Waals surface area contributed by atoms with E-state index < -0.39 is 0 Å². The molecule has 1 aliphatic heterocycles. The predicted octanol–water partition coefficient (Wildman–Crippen LogP) is 1.11. The fourth-order valence-corrected chi connectivity index (χ4v) is 2.00. The molecule has 1 aliphatic rings. The summed E-state index contributed by atoms with van der Waals surface area (Å²) < 4.78 is 0. The van der Waals surface area contributed by atoms with Crippen LogP contribution in [0.1, 0.15) is 24.8 Å². The molecule has 0 bridgehead atoms. The van der Waals surface area contributed by atoms with Crippen LogP contribution in [0.4, 0.5) is 0 Å². The van der Waals surface area contributed by atoms with E-state index in [1.807, 2.05) is 12.1 Å². The Kier molecular flexibility index (Phi) is 7.05. The fraction of sp³-hybridized carbons (Fsp3) is 0.500. The monoisotopic (exact) mass is 219 g/mol. The molecule has 0 unspecified atom stereocenters. The van der Waals surface area contributed by atoms with Crippen molar-refractivity contribution in [1.29, 1.82) is 0 Å². The van der Waals surface area contributed by atoms with Crippen LogP contribution >= 0.6 is 0 Å². The largest absolute Gasteiger partial charge is 0.870 e. The zero-order valence-corrected chi connectivity index (χ0v) is 9.47. The number of hydrogen-bond acceptors (Lipinski definition) is 3. The molecule has 1 fully saturated rings. The van der Waals surface area contributed by atoms with E-state index in [9.17, 15) is 0 Å². The first-order valence-electron chi connectivity index (χ1n) is 5.41. The molecular weight excluding hydrogens is 201 g/mol. The number of piperidine rings is 1. The number of benzene rings is 1. The van der Waals surface area contributed by atoms with Crippen LogP contribution in [-0.4, -0.2) is 36.8 Å². The molecular formula is C12H18BNO2. The predicted molar refractivity (Wildman–Crippen MR) is 64.8 cm³/mol. The Balaban J connectivity index is 0.00000112. The van der Waals surface area contributed by atoms with E-state index in [1.54, 1.807) is 0 Å². The Labute approximate surface area is 98.5 Å². The summed E-state index contributed by atoms with van der Waals surface area (Å²) in [6.45, 7) is 3.59. The van der Waals surface area contributed by atoms with Gasteiger partial charge < -0.3 is 11.0 Å². The zero-order chi connectivity index (χ0) is 9.80. The van der Waals surface area contributed by atoms with Gasteiger partial charge in [-0.2, -0.15) is 0 Å². The second-order valence-electron chi connectivity index (χ2n) is 4.08. The van der Waals surface area contributed by atoms with E-state index in [0.29, 0.717) is 0 Å². The molecule has 0 aromatic heterocycles. The van der Waals surface area contributed by atoms with Crippen molar-refractivity contribution in [3.05, 3.63) is 29.8 Å². The molecule has 0 spiro atoms. The second-order valence-corrected chi connectivity index (χ2v) is 4.08. The molecule has 2 N–H and O–H groups in total. The van der Waals surface area contributed by atoms with Gasteiger partial charge in [-0.1, -0.05) is 0 Å². The van der Waals surface area contributed by atoms with Gasteiger partial charge in [-0.3, -0.25) is 0 Å². The van der Waals surface area contributed by atoms with E-state index in [0.717, 1.165) is 12.0 Å².